The fourth-order valence-electron chi connectivity index (χ4n) is 4.01. The van der Waals surface area contributed by atoms with Crippen molar-refractivity contribution in [2.45, 2.75) is 32.9 Å². The van der Waals surface area contributed by atoms with Crippen LogP contribution < -0.4 is 5.32 Å². The van der Waals surface area contributed by atoms with Gasteiger partial charge in [0.2, 0.25) is 11.8 Å². The first-order valence-electron chi connectivity index (χ1n) is 10.4. The third kappa shape index (κ3) is 5.24. The van der Waals surface area contributed by atoms with E-state index in [1.54, 1.807) is 0 Å². The highest BCUT2D eigenvalue weighted by Crippen LogP contribution is 2.29. The lowest BCUT2D eigenvalue weighted by Crippen LogP contribution is -2.56. The maximum Gasteiger partial charge on any atom is 0.245 e. The van der Waals surface area contributed by atoms with Crippen molar-refractivity contribution in [1.29, 1.82) is 0 Å². The van der Waals surface area contributed by atoms with Crippen molar-refractivity contribution in [3.63, 3.8) is 0 Å². The van der Waals surface area contributed by atoms with Crippen LogP contribution in [0.4, 0.5) is 0 Å². The molecule has 2 aromatic carbocycles. The minimum Gasteiger partial charge on any atom is -0.344 e. The second kappa shape index (κ2) is 9.70. The molecular weight excluding hydrogens is 362 g/mol. The Bertz CT molecular complexity index is 760. The van der Waals surface area contributed by atoms with Gasteiger partial charge in [0.15, 0.2) is 0 Å². The second-order valence-electron chi connectivity index (χ2n) is 8.01. The molecule has 0 aromatic heterocycles. The van der Waals surface area contributed by atoms with Gasteiger partial charge in [0, 0.05) is 33.1 Å². The van der Waals surface area contributed by atoms with Crippen LogP contribution in [0.15, 0.2) is 60.7 Å². The highest BCUT2D eigenvalue weighted by Gasteiger charge is 2.32. The van der Waals surface area contributed by atoms with Crippen LogP contribution in [-0.2, 0) is 9.59 Å². The molecule has 154 valence electrons. The van der Waals surface area contributed by atoms with Crippen LogP contribution >= 0.6 is 0 Å². The Morgan fingerprint density at radius 3 is 1.72 bits per heavy atom. The molecule has 0 aliphatic carbocycles. The van der Waals surface area contributed by atoms with E-state index in [-0.39, 0.29) is 23.8 Å². The van der Waals surface area contributed by atoms with E-state index in [0.717, 1.165) is 13.1 Å². The van der Waals surface area contributed by atoms with E-state index in [4.69, 9.17) is 0 Å². The quantitative estimate of drug-likeness (QED) is 0.821. The van der Waals surface area contributed by atoms with E-state index in [1.165, 1.54) is 18.1 Å². The summed E-state index contributed by atoms with van der Waals surface area (Å²) in [5.74, 6) is -0.0828. The Hall–Kier alpha value is -2.66. The van der Waals surface area contributed by atoms with E-state index >= 15 is 0 Å². The number of piperazine rings is 1. The normalized spacial score (nSPS) is 16.1. The van der Waals surface area contributed by atoms with Gasteiger partial charge in [0.05, 0.1) is 6.04 Å². The van der Waals surface area contributed by atoms with Gasteiger partial charge < -0.3 is 10.2 Å². The number of nitrogens with zero attached hydrogens (tertiary/aromatic N) is 2. The molecule has 29 heavy (non-hydrogen) atoms. The number of benzene rings is 2. The summed E-state index contributed by atoms with van der Waals surface area (Å²) in [7, 11) is 0. The van der Waals surface area contributed by atoms with Gasteiger partial charge in [-0.05, 0) is 17.0 Å². The van der Waals surface area contributed by atoms with Crippen molar-refractivity contribution >= 4 is 11.8 Å². The zero-order valence-corrected chi connectivity index (χ0v) is 17.5. The summed E-state index contributed by atoms with van der Waals surface area (Å²) in [6, 6.07) is 20.8. The first-order chi connectivity index (χ1) is 14.0. The van der Waals surface area contributed by atoms with Crippen molar-refractivity contribution in [2.75, 3.05) is 26.2 Å². The molecule has 3 rings (SSSR count). The summed E-state index contributed by atoms with van der Waals surface area (Å²) in [6.07, 6.45) is 0. The van der Waals surface area contributed by atoms with Crippen LogP contribution in [-0.4, -0.2) is 53.8 Å². The molecule has 1 aliphatic rings. The molecule has 0 unspecified atom stereocenters. The Labute approximate surface area is 173 Å². The maximum atomic E-state index is 13.0. The van der Waals surface area contributed by atoms with Crippen molar-refractivity contribution in [2.24, 2.45) is 5.92 Å². The van der Waals surface area contributed by atoms with Gasteiger partial charge in [0.1, 0.15) is 6.04 Å². The summed E-state index contributed by atoms with van der Waals surface area (Å²) in [5, 5.41) is 2.82. The summed E-state index contributed by atoms with van der Waals surface area (Å²) >= 11 is 0. The molecule has 1 atom stereocenters. The average molecular weight is 394 g/mol. The predicted octanol–water partition coefficient (Wildman–Crippen LogP) is 3.08. The topological polar surface area (TPSA) is 52.7 Å². The molecule has 1 N–H and O–H groups in total. The SMILES string of the molecule is CC(=O)N[C@@H](C(=O)N1CCN(C(c2ccccc2)c2ccccc2)CC1)C(C)C. The zero-order chi connectivity index (χ0) is 20.8. The Morgan fingerprint density at radius 1 is 0.828 bits per heavy atom. The van der Waals surface area contributed by atoms with Crippen LogP contribution in [0.2, 0.25) is 0 Å². The van der Waals surface area contributed by atoms with Crippen LogP contribution in [0, 0.1) is 5.92 Å². The lowest BCUT2D eigenvalue weighted by Gasteiger charge is -2.41. The molecule has 2 aromatic rings. The average Bonchev–Trinajstić information content (AvgIpc) is 2.73. The molecule has 2 amide bonds. The summed E-state index contributed by atoms with van der Waals surface area (Å²) < 4.78 is 0. The van der Waals surface area contributed by atoms with Gasteiger partial charge in [-0.3, -0.25) is 14.5 Å². The van der Waals surface area contributed by atoms with E-state index in [1.807, 2.05) is 30.9 Å². The van der Waals surface area contributed by atoms with Crippen LogP contribution in [0.1, 0.15) is 37.9 Å². The van der Waals surface area contributed by atoms with Crippen molar-refractivity contribution in [3.8, 4) is 0 Å². The first-order valence-corrected chi connectivity index (χ1v) is 10.4. The smallest absolute Gasteiger partial charge is 0.245 e. The molecular formula is C24H31N3O2. The Balaban J connectivity index is 1.73. The van der Waals surface area contributed by atoms with Crippen LogP contribution in [0.25, 0.3) is 0 Å². The first kappa shape index (κ1) is 21.1. The molecule has 1 fully saturated rings. The highest BCUT2D eigenvalue weighted by atomic mass is 16.2. The predicted molar refractivity (Wildman–Crippen MR) is 115 cm³/mol. The fraction of sp³-hybridized carbons (Fsp3) is 0.417. The van der Waals surface area contributed by atoms with E-state index < -0.39 is 6.04 Å². The second-order valence-corrected chi connectivity index (χ2v) is 8.01. The molecule has 0 spiro atoms. The largest absolute Gasteiger partial charge is 0.344 e. The lowest BCUT2D eigenvalue weighted by molar-refractivity contribution is -0.139. The number of hydrogen-bond acceptors (Lipinski definition) is 3. The fourth-order valence-corrected chi connectivity index (χ4v) is 4.01. The highest BCUT2D eigenvalue weighted by molar-refractivity contribution is 5.87. The van der Waals surface area contributed by atoms with Crippen molar-refractivity contribution in [1.82, 2.24) is 15.1 Å². The molecule has 0 saturated carbocycles. The van der Waals surface area contributed by atoms with E-state index in [2.05, 4.69) is 58.7 Å². The standard InChI is InChI=1S/C24H31N3O2/c1-18(2)22(25-19(3)28)24(29)27-16-14-26(15-17-27)23(20-10-6-4-7-11-20)21-12-8-5-9-13-21/h4-13,18,22-23H,14-17H2,1-3H3,(H,25,28)/t22-/m1/s1. The van der Waals surface area contributed by atoms with E-state index in [9.17, 15) is 9.59 Å². The lowest BCUT2D eigenvalue weighted by atomic mass is 9.96. The molecule has 5 nitrogen and oxygen atoms in total. The molecule has 5 heteroatoms. The number of rotatable bonds is 6. The number of amides is 2. The third-order valence-corrected chi connectivity index (χ3v) is 5.51. The zero-order valence-electron chi connectivity index (χ0n) is 17.5. The minimum atomic E-state index is -0.460. The molecule has 0 bridgehead atoms. The number of carbonyl (C=O) groups is 2. The molecule has 1 heterocycles. The molecule has 1 saturated heterocycles. The number of nitrogens with one attached hydrogen (secondary N) is 1. The molecule has 1 aliphatic heterocycles. The van der Waals surface area contributed by atoms with Gasteiger partial charge in [-0.25, -0.2) is 0 Å². The van der Waals surface area contributed by atoms with E-state index in [0.29, 0.717) is 13.1 Å². The van der Waals surface area contributed by atoms with Gasteiger partial charge in [-0.15, -0.1) is 0 Å². The monoisotopic (exact) mass is 393 g/mol. The molecule has 0 radical (unpaired) electrons. The van der Waals surface area contributed by atoms with Gasteiger partial charge in [-0.2, -0.15) is 0 Å². The van der Waals surface area contributed by atoms with Crippen LogP contribution in [0.5, 0.6) is 0 Å². The maximum absolute atomic E-state index is 13.0. The Morgan fingerprint density at radius 2 is 1.31 bits per heavy atom. The minimum absolute atomic E-state index is 0.0193. The van der Waals surface area contributed by atoms with Gasteiger partial charge in [-0.1, -0.05) is 74.5 Å². The van der Waals surface area contributed by atoms with Gasteiger partial charge in [0.25, 0.3) is 0 Å². The summed E-state index contributed by atoms with van der Waals surface area (Å²) in [4.78, 5) is 28.8. The van der Waals surface area contributed by atoms with Crippen LogP contribution in [0.3, 0.4) is 0 Å². The number of hydrogen-bond donors (Lipinski definition) is 1. The summed E-state index contributed by atoms with van der Waals surface area (Å²) in [5.41, 5.74) is 2.52. The Kier molecular flexibility index (Phi) is 7.04. The number of carbonyl (C=O) groups excluding carboxylic acids is 2. The van der Waals surface area contributed by atoms with Crippen molar-refractivity contribution < 1.29 is 9.59 Å². The summed E-state index contributed by atoms with van der Waals surface area (Å²) in [6.45, 7) is 8.32. The van der Waals surface area contributed by atoms with Gasteiger partial charge >= 0.3 is 0 Å². The third-order valence-electron chi connectivity index (χ3n) is 5.51. The van der Waals surface area contributed by atoms with Crippen molar-refractivity contribution in [3.05, 3.63) is 71.8 Å².